The van der Waals surface area contributed by atoms with Crippen LogP contribution in [0.1, 0.15) is 24.5 Å². The maximum absolute atomic E-state index is 12.4. The van der Waals surface area contributed by atoms with Gasteiger partial charge in [0, 0.05) is 5.69 Å². The molecule has 0 aliphatic carbocycles. The summed E-state index contributed by atoms with van der Waals surface area (Å²) in [6, 6.07) is 5.45. The Morgan fingerprint density at radius 3 is 2.67 bits per heavy atom. The number of alkyl halides is 1. The molecular weight excluding hydrogens is 153 g/mol. The Kier molecular flexibility index (Phi) is 3.09. The molecule has 0 saturated heterocycles. The van der Waals surface area contributed by atoms with E-state index in [-0.39, 0.29) is 0 Å². The van der Waals surface area contributed by atoms with Gasteiger partial charge in [0.25, 0.3) is 0 Å². The van der Waals surface area contributed by atoms with Gasteiger partial charge in [-0.3, -0.25) is 0 Å². The molecular formula is C10H14FN. The van der Waals surface area contributed by atoms with Crippen molar-refractivity contribution in [3.63, 3.8) is 0 Å². The Morgan fingerprint density at radius 2 is 2.08 bits per heavy atom. The van der Waals surface area contributed by atoms with Crippen LogP contribution in [-0.2, 0) is 13.1 Å². The zero-order valence-electron chi connectivity index (χ0n) is 7.31. The number of hydrogen-bond donors (Lipinski definition) is 1. The SMILES string of the molecule is CCCc1ccc(N)cc1CF. The van der Waals surface area contributed by atoms with Gasteiger partial charge in [-0.15, -0.1) is 0 Å². The average molecular weight is 167 g/mol. The summed E-state index contributed by atoms with van der Waals surface area (Å²) >= 11 is 0. The number of anilines is 1. The molecule has 0 heterocycles. The third-order valence-electron chi connectivity index (χ3n) is 1.89. The molecule has 1 rings (SSSR count). The molecule has 0 aromatic heterocycles. The second-order valence-corrected chi connectivity index (χ2v) is 2.91. The number of rotatable bonds is 3. The maximum atomic E-state index is 12.4. The van der Waals surface area contributed by atoms with Gasteiger partial charge in [-0.25, -0.2) is 4.39 Å². The Bertz CT molecular complexity index is 258. The van der Waals surface area contributed by atoms with Gasteiger partial charge >= 0.3 is 0 Å². The van der Waals surface area contributed by atoms with Crippen LogP contribution in [0.15, 0.2) is 18.2 Å². The summed E-state index contributed by atoms with van der Waals surface area (Å²) in [5.74, 6) is 0. The summed E-state index contributed by atoms with van der Waals surface area (Å²) in [4.78, 5) is 0. The van der Waals surface area contributed by atoms with Gasteiger partial charge in [0.1, 0.15) is 6.67 Å². The van der Waals surface area contributed by atoms with Crippen LogP contribution in [0.5, 0.6) is 0 Å². The first-order valence-electron chi connectivity index (χ1n) is 4.21. The average Bonchev–Trinajstić information content (AvgIpc) is 2.08. The predicted octanol–water partition coefficient (Wildman–Crippen LogP) is 2.69. The van der Waals surface area contributed by atoms with Crippen LogP contribution in [0, 0.1) is 0 Å². The fourth-order valence-corrected chi connectivity index (χ4v) is 1.28. The Labute approximate surface area is 72.4 Å². The van der Waals surface area contributed by atoms with Crippen molar-refractivity contribution >= 4 is 5.69 Å². The number of nitrogen functional groups attached to an aromatic ring is 1. The number of hydrogen-bond acceptors (Lipinski definition) is 1. The van der Waals surface area contributed by atoms with E-state index in [0.717, 1.165) is 24.0 Å². The van der Waals surface area contributed by atoms with Gasteiger partial charge in [-0.1, -0.05) is 19.4 Å². The topological polar surface area (TPSA) is 26.0 Å². The van der Waals surface area contributed by atoms with Crippen LogP contribution >= 0.6 is 0 Å². The van der Waals surface area contributed by atoms with Crippen molar-refractivity contribution in [3.05, 3.63) is 29.3 Å². The largest absolute Gasteiger partial charge is 0.399 e. The Balaban J connectivity index is 2.94. The molecule has 66 valence electrons. The minimum absolute atomic E-state index is 0.416. The van der Waals surface area contributed by atoms with E-state index in [4.69, 9.17) is 5.73 Å². The summed E-state index contributed by atoms with van der Waals surface area (Å²) in [5.41, 5.74) is 7.98. The molecule has 0 radical (unpaired) electrons. The van der Waals surface area contributed by atoms with E-state index in [1.165, 1.54) is 0 Å². The quantitative estimate of drug-likeness (QED) is 0.688. The van der Waals surface area contributed by atoms with Crippen molar-refractivity contribution in [1.82, 2.24) is 0 Å². The predicted molar refractivity (Wildman–Crippen MR) is 49.7 cm³/mol. The van der Waals surface area contributed by atoms with E-state index in [1.54, 1.807) is 6.07 Å². The van der Waals surface area contributed by atoms with E-state index in [1.807, 2.05) is 12.1 Å². The highest BCUT2D eigenvalue weighted by Gasteiger charge is 2.00. The minimum atomic E-state index is -0.416. The fraction of sp³-hybridized carbons (Fsp3) is 0.400. The van der Waals surface area contributed by atoms with Crippen molar-refractivity contribution in [3.8, 4) is 0 Å². The van der Waals surface area contributed by atoms with E-state index < -0.39 is 6.67 Å². The second kappa shape index (κ2) is 4.10. The van der Waals surface area contributed by atoms with Crippen LogP contribution in [0.25, 0.3) is 0 Å². The van der Waals surface area contributed by atoms with Crippen molar-refractivity contribution in [2.75, 3.05) is 5.73 Å². The summed E-state index contributed by atoms with van der Waals surface area (Å²) in [5, 5.41) is 0. The highest BCUT2D eigenvalue weighted by Crippen LogP contribution is 2.16. The fourth-order valence-electron chi connectivity index (χ4n) is 1.28. The molecule has 0 aliphatic rings. The van der Waals surface area contributed by atoms with Crippen LogP contribution in [-0.4, -0.2) is 0 Å². The first-order valence-corrected chi connectivity index (χ1v) is 4.21. The summed E-state index contributed by atoms with van der Waals surface area (Å²) in [6.45, 7) is 1.67. The normalized spacial score (nSPS) is 10.2. The molecule has 1 aromatic rings. The third-order valence-corrected chi connectivity index (χ3v) is 1.89. The van der Waals surface area contributed by atoms with Gasteiger partial charge in [0.05, 0.1) is 0 Å². The minimum Gasteiger partial charge on any atom is -0.399 e. The van der Waals surface area contributed by atoms with Crippen LogP contribution in [0.2, 0.25) is 0 Å². The number of halogens is 1. The van der Waals surface area contributed by atoms with Gasteiger partial charge in [0.15, 0.2) is 0 Å². The molecule has 0 unspecified atom stereocenters. The van der Waals surface area contributed by atoms with Crippen LogP contribution < -0.4 is 5.73 Å². The zero-order chi connectivity index (χ0) is 8.97. The zero-order valence-corrected chi connectivity index (χ0v) is 7.31. The summed E-state index contributed by atoms with van der Waals surface area (Å²) in [6.07, 6.45) is 1.97. The molecule has 0 bridgehead atoms. The third kappa shape index (κ3) is 1.97. The van der Waals surface area contributed by atoms with Crippen molar-refractivity contribution in [2.24, 2.45) is 0 Å². The lowest BCUT2D eigenvalue weighted by atomic mass is 10.0. The Hall–Kier alpha value is -1.05. The first kappa shape index (κ1) is 9.04. The summed E-state index contributed by atoms with van der Waals surface area (Å²) < 4.78 is 12.4. The number of nitrogens with two attached hydrogens (primary N) is 1. The van der Waals surface area contributed by atoms with Crippen LogP contribution in [0.4, 0.5) is 10.1 Å². The van der Waals surface area contributed by atoms with Crippen molar-refractivity contribution in [1.29, 1.82) is 0 Å². The molecule has 0 atom stereocenters. The monoisotopic (exact) mass is 167 g/mol. The molecule has 1 nitrogen and oxygen atoms in total. The molecule has 0 saturated carbocycles. The van der Waals surface area contributed by atoms with E-state index in [9.17, 15) is 4.39 Å². The van der Waals surface area contributed by atoms with Gasteiger partial charge < -0.3 is 5.73 Å². The smallest absolute Gasteiger partial charge is 0.115 e. The molecule has 2 heteroatoms. The van der Waals surface area contributed by atoms with E-state index in [0.29, 0.717) is 5.69 Å². The highest BCUT2D eigenvalue weighted by molar-refractivity contribution is 5.44. The van der Waals surface area contributed by atoms with Gasteiger partial charge in [0.2, 0.25) is 0 Å². The molecule has 0 spiro atoms. The standard InChI is InChI=1S/C10H14FN/c1-2-3-8-4-5-10(12)6-9(8)7-11/h4-6H,2-3,7,12H2,1H3. The lowest BCUT2D eigenvalue weighted by Gasteiger charge is -2.05. The Morgan fingerprint density at radius 1 is 1.33 bits per heavy atom. The lowest BCUT2D eigenvalue weighted by Crippen LogP contribution is -1.94. The van der Waals surface area contributed by atoms with E-state index >= 15 is 0 Å². The number of aryl methyl sites for hydroxylation is 1. The first-order chi connectivity index (χ1) is 5.77. The highest BCUT2D eigenvalue weighted by atomic mass is 19.1. The molecule has 0 fully saturated rings. The van der Waals surface area contributed by atoms with Crippen molar-refractivity contribution in [2.45, 2.75) is 26.4 Å². The van der Waals surface area contributed by atoms with E-state index in [2.05, 4.69) is 6.92 Å². The molecule has 2 N–H and O–H groups in total. The molecule has 1 aromatic carbocycles. The van der Waals surface area contributed by atoms with Gasteiger partial charge in [-0.05, 0) is 29.7 Å². The lowest BCUT2D eigenvalue weighted by molar-refractivity contribution is 0.482. The van der Waals surface area contributed by atoms with Crippen LogP contribution in [0.3, 0.4) is 0 Å². The second-order valence-electron chi connectivity index (χ2n) is 2.91. The number of benzene rings is 1. The molecule has 0 amide bonds. The maximum Gasteiger partial charge on any atom is 0.115 e. The van der Waals surface area contributed by atoms with Crippen molar-refractivity contribution < 1.29 is 4.39 Å². The summed E-state index contributed by atoms with van der Waals surface area (Å²) in [7, 11) is 0. The molecule has 12 heavy (non-hydrogen) atoms. The van der Waals surface area contributed by atoms with Gasteiger partial charge in [-0.2, -0.15) is 0 Å². The molecule has 0 aliphatic heterocycles.